The highest BCUT2D eigenvalue weighted by atomic mass is 32.1. The Labute approximate surface area is 120 Å². The number of hydrogen-bond donors (Lipinski definition) is 1. The molecule has 1 unspecified atom stereocenters. The fourth-order valence-electron chi connectivity index (χ4n) is 3.13. The number of hydrogen-bond acceptors (Lipinski definition) is 1. The molecule has 0 aromatic rings. The van der Waals surface area contributed by atoms with Crippen LogP contribution in [0.4, 0.5) is 0 Å². The van der Waals surface area contributed by atoms with E-state index in [0.717, 1.165) is 0 Å². The molecule has 0 spiro atoms. The molecule has 18 heavy (non-hydrogen) atoms. The molecule has 0 aromatic carbocycles. The maximum absolute atomic E-state index is 4.89. The van der Waals surface area contributed by atoms with Gasteiger partial charge in [-0.3, -0.25) is 0 Å². The molecule has 1 rings (SSSR count). The van der Waals surface area contributed by atoms with E-state index in [0.29, 0.717) is 5.37 Å². The molecule has 0 amide bonds. The van der Waals surface area contributed by atoms with E-state index in [4.69, 9.17) is 12.6 Å². The van der Waals surface area contributed by atoms with E-state index in [1.807, 2.05) is 0 Å². The molecule has 108 valence electrons. The molecule has 1 saturated heterocycles. The third kappa shape index (κ3) is 5.97. The van der Waals surface area contributed by atoms with Gasteiger partial charge in [-0.2, -0.15) is 0 Å². The second kappa shape index (κ2) is 9.25. The first-order chi connectivity index (χ1) is 8.69. The van der Waals surface area contributed by atoms with E-state index in [1.165, 1.54) is 88.2 Å². The van der Waals surface area contributed by atoms with E-state index in [1.54, 1.807) is 0 Å². The van der Waals surface area contributed by atoms with Crippen molar-refractivity contribution in [2.24, 2.45) is 0 Å². The first-order valence-electron chi connectivity index (χ1n) is 8.21. The van der Waals surface area contributed by atoms with E-state index in [9.17, 15) is 0 Å². The topological polar surface area (TPSA) is 0 Å². The molecule has 1 aliphatic heterocycles. The maximum atomic E-state index is 4.89. The van der Waals surface area contributed by atoms with Gasteiger partial charge in [-0.15, -0.1) is 12.6 Å². The lowest BCUT2D eigenvalue weighted by Gasteiger charge is -2.42. The van der Waals surface area contributed by atoms with E-state index >= 15 is 0 Å². The minimum Gasteiger partial charge on any atom is -0.315 e. The molecule has 1 nitrogen and oxygen atoms in total. The van der Waals surface area contributed by atoms with E-state index < -0.39 is 0 Å². The van der Waals surface area contributed by atoms with Crippen molar-refractivity contribution < 1.29 is 4.48 Å². The highest BCUT2D eigenvalue weighted by molar-refractivity contribution is 7.80. The molecular formula is C16H34NS+. The number of thiol groups is 1. The van der Waals surface area contributed by atoms with Gasteiger partial charge in [0.2, 0.25) is 0 Å². The summed E-state index contributed by atoms with van der Waals surface area (Å²) in [5.74, 6) is 0. The largest absolute Gasteiger partial charge is 0.315 e. The number of likely N-dealkylation sites (tertiary alicyclic amines) is 1. The fraction of sp³-hybridized carbons (Fsp3) is 1.00. The average molecular weight is 273 g/mol. The minimum atomic E-state index is 0.584. The molecule has 0 radical (unpaired) electrons. The summed E-state index contributed by atoms with van der Waals surface area (Å²) < 4.78 is 1.22. The van der Waals surface area contributed by atoms with Crippen molar-refractivity contribution in [3.05, 3.63) is 0 Å². The molecule has 0 aromatic heterocycles. The third-order valence-corrected chi connectivity index (χ3v) is 5.44. The number of rotatable bonds is 9. The molecule has 0 aliphatic carbocycles. The first kappa shape index (κ1) is 16.4. The highest BCUT2D eigenvalue weighted by Gasteiger charge is 2.30. The number of nitrogens with zero attached hydrogens (tertiary/aromatic N) is 1. The van der Waals surface area contributed by atoms with Crippen molar-refractivity contribution in [1.29, 1.82) is 0 Å². The molecule has 2 heteroatoms. The molecule has 0 bridgehead atoms. The van der Waals surface area contributed by atoms with Gasteiger partial charge >= 0.3 is 0 Å². The molecule has 0 saturated carbocycles. The smallest absolute Gasteiger partial charge is 0.132 e. The molecular weight excluding hydrogens is 238 g/mol. The van der Waals surface area contributed by atoms with Crippen LogP contribution in [0.5, 0.6) is 0 Å². The van der Waals surface area contributed by atoms with Crippen LogP contribution in [0.2, 0.25) is 0 Å². The monoisotopic (exact) mass is 272 g/mol. The van der Waals surface area contributed by atoms with Crippen molar-refractivity contribution in [3.63, 3.8) is 0 Å². The zero-order valence-electron chi connectivity index (χ0n) is 12.7. The summed E-state index contributed by atoms with van der Waals surface area (Å²) in [4.78, 5) is 0. The van der Waals surface area contributed by atoms with Crippen LogP contribution in [-0.2, 0) is 0 Å². The van der Waals surface area contributed by atoms with Crippen LogP contribution in [0, 0.1) is 0 Å². The van der Waals surface area contributed by atoms with Gasteiger partial charge < -0.3 is 4.48 Å². The van der Waals surface area contributed by atoms with Gasteiger partial charge in [0.05, 0.1) is 20.1 Å². The van der Waals surface area contributed by atoms with Gasteiger partial charge in [0.25, 0.3) is 0 Å². The van der Waals surface area contributed by atoms with Crippen LogP contribution >= 0.6 is 12.6 Å². The van der Waals surface area contributed by atoms with Crippen LogP contribution < -0.4 is 0 Å². The van der Waals surface area contributed by atoms with Crippen molar-refractivity contribution in [1.82, 2.24) is 0 Å². The quantitative estimate of drug-likeness (QED) is 0.340. The zero-order valence-corrected chi connectivity index (χ0v) is 13.6. The van der Waals surface area contributed by atoms with Crippen LogP contribution in [0.3, 0.4) is 0 Å². The average Bonchev–Trinajstić information content (AvgIpc) is 2.38. The van der Waals surface area contributed by atoms with Crippen molar-refractivity contribution in [2.45, 2.75) is 82.9 Å². The summed E-state index contributed by atoms with van der Waals surface area (Å²) in [6, 6.07) is 0. The van der Waals surface area contributed by atoms with Gasteiger partial charge in [-0.05, 0) is 25.7 Å². The normalized spacial score (nSPS) is 20.8. The minimum absolute atomic E-state index is 0.584. The maximum Gasteiger partial charge on any atom is 0.132 e. The lowest BCUT2D eigenvalue weighted by atomic mass is 10.1. The van der Waals surface area contributed by atoms with Gasteiger partial charge in [-0.1, -0.05) is 45.4 Å². The van der Waals surface area contributed by atoms with Gasteiger partial charge in [0.15, 0.2) is 0 Å². The van der Waals surface area contributed by atoms with Gasteiger partial charge in [-0.25, -0.2) is 0 Å². The molecule has 1 heterocycles. The molecule has 1 aliphatic rings. The molecule has 1 fully saturated rings. The van der Waals surface area contributed by atoms with Crippen molar-refractivity contribution >= 4 is 12.6 Å². The Balaban J connectivity index is 2.03. The third-order valence-electron chi connectivity index (χ3n) is 4.62. The lowest BCUT2D eigenvalue weighted by Crippen LogP contribution is -2.52. The van der Waals surface area contributed by atoms with Crippen LogP contribution in [0.25, 0.3) is 0 Å². The van der Waals surface area contributed by atoms with E-state index in [2.05, 4.69) is 14.0 Å². The fourth-order valence-corrected chi connectivity index (χ4v) is 3.54. The SMILES string of the molecule is CCCCCCCCCC(S)[N+]1(C)CCCCC1. The Morgan fingerprint density at radius 2 is 1.44 bits per heavy atom. The van der Waals surface area contributed by atoms with Crippen molar-refractivity contribution in [3.8, 4) is 0 Å². The Kier molecular flexibility index (Phi) is 8.41. The predicted molar refractivity (Wildman–Crippen MR) is 85.2 cm³/mol. The summed E-state index contributed by atoms with van der Waals surface area (Å²) in [6.45, 7) is 4.99. The number of unbranched alkanes of at least 4 members (excludes halogenated alkanes) is 6. The molecule has 0 N–H and O–H groups in total. The second-order valence-corrected chi connectivity index (χ2v) is 6.97. The highest BCUT2D eigenvalue weighted by Crippen LogP contribution is 2.26. The summed E-state index contributed by atoms with van der Waals surface area (Å²) in [7, 11) is 2.41. The Morgan fingerprint density at radius 3 is 2.06 bits per heavy atom. The zero-order chi connectivity index (χ0) is 13.3. The van der Waals surface area contributed by atoms with Gasteiger partial charge in [0.1, 0.15) is 5.37 Å². The lowest BCUT2D eigenvalue weighted by molar-refractivity contribution is -0.923. The van der Waals surface area contributed by atoms with E-state index in [-0.39, 0.29) is 0 Å². The number of quaternary nitrogens is 1. The summed E-state index contributed by atoms with van der Waals surface area (Å²) in [5.41, 5.74) is 0. The second-order valence-electron chi connectivity index (χ2n) is 6.38. The Bertz CT molecular complexity index is 199. The van der Waals surface area contributed by atoms with Crippen LogP contribution in [-0.4, -0.2) is 30.0 Å². The van der Waals surface area contributed by atoms with Gasteiger partial charge in [0, 0.05) is 6.42 Å². The Hall–Kier alpha value is 0.310. The summed E-state index contributed by atoms with van der Waals surface area (Å²) >= 11 is 4.89. The Morgan fingerprint density at radius 1 is 0.889 bits per heavy atom. The standard InChI is InChI=1S/C16H33NS/c1-3-4-5-6-7-8-10-13-16(18)17(2)14-11-9-12-15-17/h16H,3-15H2,1-2H3/p+1. The van der Waals surface area contributed by atoms with Crippen LogP contribution in [0.15, 0.2) is 0 Å². The summed E-state index contributed by atoms with van der Waals surface area (Å²) in [5, 5.41) is 0.584. The predicted octanol–water partition coefficient (Wildman–Crippen LogP) is 5.01. The summed E-state index contributed by atoms with van der Waals surface area (Å²) in [6.07, 6.45) is 15.5. The number of piperidine rings is 1. The van der Waals surface area contributed by atoms with Crippen LogP contribution in [0.1, 0.15) is 77.6 Å². The first-order valence-corrected chi connectivity index (χ1v) is 8.73. The van der Waals surface area contributed by atoms with Crippen molar-refractivity contribution in [2.75, 3.05) is 20.1 Å². The molecule has 1 atom stereocenters.